The van der Waals surface area contributed by atoms with Gasteiger partial charge in [-0.1, -0.05) is 13.3 Å². The van der Waals surface area contributed by atoms with Gasteiger partial charge in [-0.25, -0.2) is 27.3 Å². The molecular formula is C28H30F4N4O7. The molecule has 0 spiro atoms. The number of nitrogens with one attached hydrogen (secondary N) is 3. The van der Waals surface area contributed by atoms with Gasteiger partial charge in [0.25, 0.3) is 5.91 Å². The zero-order valence-corrected chi connectivity index (χ0v) is 23.1. The van der Waals surface area contributed by atoms with Gasteiger partial charge in [-0.15, -0.1) is 0 Å². The number of ether oxygens (including phenoxy) is 1. The summed E-state index contributed by atoms with van der Waals surface area (Å²) in [6.45, 7) is 2.52. The van der Waals surface area contributed by atoms with Gasteiger partial charge in [0.05, 0.1) is 18.1 Å². The van der Waals surface area contributed by atoms with Crippen molar-refractivity contribution in [3.63, 3.8) is 0 Å². The van der Waals surface area contributed by atoms with E-state index in [9.17, 15) is 47.0 Å². The maximum absolute atomic E-state index is 14.6. The Balaban J connectivity index is 1.73. The number of aliphatic hydroxyl groups excluding tert-OH is 1. The van der Waals surface area contributed by atoms with Crippen LogP contribution in [0.15, 0.2) is 24.4 Å². The van der Waals surface area contributed by atoms with Crippen LogP contribution in [0.1, 0.15) is 49.2 Å². The lowest BCUT2D eigenvalue weighted by Gasteiger charge is -2.37. The van der Waals surface area contributed by atoms with E-state index in [0.717, 1.165) is 6.42 Å². The van der Waals surface area contributed by atoms with E-state index < -0.39 is 107 Å². The third kappa shape index (κ3) is 6.71. The van der Waals surface area contributed by atoms with Gasteiger partial charge < -0.3 is 30.9 Å². The second kappa shape index (κ2) is 12.9. The Bertz CT molecular complexity index is 1420. The highest BCUT2D eigenvalue weighted by Crippen LogP contribution is 2.31. The average Bonchev–Trinajstić information content (AvgIpc) is 2.94. The summed E-state index contributed by atoms with van der Waals surface area (Å²) in [6.07, 6.45) is -0.910. The first-order valence-corrected chi connectivity index (χ1v) is 13.6. The summed E-state index contributed by atoms with van der Waals surface area (Å²) < 4.78 is 61.7. The lowest BCUT2D eigenvalue weighted by atomic mass is 9.79. The zero-order valence-electron chi connectivity index (χ0n) is 23.1. The first-order chi connectivity index (χ1) is 20.3. The number of hydrogen-bond acceptors (Lipinski definition) is 8. The van der Waals surface area contributed by atoms with Crippen molar-refractivity contribution >= 4 is 23.7 Å². The van der Waals surface area contributed by atoms with E-state index in [4.69, 9.17) is 4.74 Å². The van der Waals surface area contributed by atoms with Crippen LogP contribution in [-0.2, 0) is 25.5 Å². The Morgan fingerprint density at radius 3 is 2.40 bits per heavy atom. The van der Waals surface area contributed by atoms with Crippen LogP contribution in [0.25, 0.3) is 0 Å². The normalized spacial score (nSPS) is 27.1. The zero-order chi connectivity index (χ0) is 31.6. The minimum Gasteiger partial charge on any atom is -0.505 e. The van der Waals surface area contributed by atoms with Crippen molar-refractivity contribution in [2.24, 2.45) is 11.8 Å². The van der Waals surface area contributed by atoms with Crippen molar-refractivity contribution in [2.75, 3.05) is 0 Å². The predicted octanol–water partition coefficient (Wildman–Crippen LogP) is 1.40. The van der Waals surface area contributed by atoms with E-state index >= 15 is 0 Å². The first kappa shape index (κ1) is 31.7. The average molecular weight is 611 g/mol. The number of esters is 1. The van der Waals surface area contributed by atoms with Gasteiger partial charge in [-0.3, -0.25) is 14.4 Å². The fourth-order valence-corrected chi connectivity index (χ4v) is 4.97. The fourth-order valence-electron chi connectivity index (χ4n) is 4.97. The van der Waals surface area contributed by atoms with Crippen molar-refractivity contribution in [3.8, 4) is 5.75 Å². The second-order valence-corrected chi connectivity index (χ2v) is 10.7. The van der Waals surface area contributed by atoms with Gasteiger partial charge in [-0.2, -0.15) is 0 Å². The summed E-state index contributed by atoms with van der Waals surface area (Å²) >= 11 is 0. The van der Waals surface area contributed by atoms with Gasteiger partial charge in [0.2, 0.25) is 11.8 Å². The number of hydrogen-bond donors (Lipinski definition) is 5. The number of nitrogens with zero attached hydrogens (tertiary/aromatic N) is 1. The van der Waals surface area contributed by atoms with Crippen LogP contribution in [0.2, 0.25) is 0 Å². The molecule has 2 heterocycles. The lowest BCUT2D eigenvalue weighted by molar-refractivity contribution is -0.158. The molecule has 2 aliphatic rings. The van der Waals surface area contributed by atoms with Crippen LogP contribution in [-0.4, -0.2) is 69.2 Å². The molecule has 1 aromatic heterocycles. The van der Waals surface area contributed by atoms with Gasteiger partial charge >= 0.3 is 5.97 Å². The van der Waals surface area contributed by atoms with Crippen molar-refractivity contribution in [3.05, 3.63) is 58.9 Å². The van der Waals surface area contributed by atoms with Gasteiger partial charge in [0.1, 0.15) is 23.9 Å². The number of cyclic esters (lactones) is 1. The molecule has 1 unspecified atom stereocenters. The largest absolute Gasteiger partial charge is 0.505 e. The highest BCUT2D eigenvalue weighted by atomic mass is 19.2. The molecule has 1 aromatic carbocycles. The summed E-state index contributed by atoms with van der Waals surface area (Å²) in [7, 11) is 0. The van der Waals surface area contributed by atoms with Crippen molar-refractivity contribution in [1.82, 2.24) is 20.9 Å². The Morgan fingerprint density at radius 2 is 1.77 bits per heavy atom. The maximum Gasteiger partial charge on any atom is 0.329 e. The summed E-state index contributed by atoms with van der Waals surface area (Å²) in [6, 6.07) is -1.62. The Morgan fingerprint density at radius 1 is 1.07 bits per heavy atom. The molecule has 15 heteroatoms. The molecule has 1 aliphatic heterocycles. The SMILES string of the molecule is C[C@H]1OC(=O)C(C2CCC2)NC(=O)[C@H](C)[C@H](O)[C@H](Cc2cc(F)c(F)c(F)c2F)NC(=O)[C@H]1NC(=O)c1ncccc1O. The van der Waals surface area contributed by atoms with Gasteiger partial charge in [0, 0.05) is 6.20 Å². The van der Waals surface area contributed by atoms with Crippen molar-refractivity contribution in [1.29, 1.82) is 0 Å². The molecular weight excluding hydrogens is 580 g/mol. The molecule has 1 saturated carbocycles. The second-order valence-electron chi connectivity index (χ2n) is 10.7. The molecule has 232 valence electrons. The lowest BCUT2D eigenvalue weighted by Crippen LogP contribution is -2.61. The molecule has 6 atom stereocenters. The third-order valence-electron chi connectivity index (χ3n) is 7.80. The van der Waals surface area contributed by atoms with E-state index in [1.165, 1.54) is 32.2 Å². The number of amides is 3. The number of aromatic nitrogens is 1. The van der Waals surface area contributed by atoms with Crippen LogP contribution in [0, 0.1) is 35.1 Å². The molecule has 5 N–H and O–H groups in total. The molecule has 3 amide bonds. The van der Waals surface area contributed by atoms with Crippen LogP contribution >= 0.6 is 0 Å². The number of carbonyl (C=O) groups is 4. The number of aliphatic hydroxyl groups is 1. The molecule has 4 rings (SSSR count). The third-order valence-corrected chi connectivity index (χ3v) is 7.80. The molecule has 0 bridgehead atoms. The highest BCUT2D eigenvalue weighted by Gasteiger charge is 2.42. The number of benzene rings is 1. The van der Waals surface area contributed by atoms with Gasteiger partial charge in [0.15, 0.2) is 29.0 Å². The van der Waals surface area contributed by atoms with E-state index in [1.54, 1.807) is 0 Å². The summed E-state index contributed by atoms with van der Waals surface area (Å²) in [5, 5.41) is 28.4. The van der Waals surface area contributed by atoms with E-state index in [0.29, 0.717) is 18.9 Å². The van der Waals surface area contributed by atoms with Crippen LogP contribution < -0.4 is 16.0 Å². The predicted molar refractivity (Wildman–Crippen MR) is 139 cm³/mol. The molecule has 0 radical (unpaired) electrons. The number of carbonyl (C=O) groups excluding carboxylic acids is 4. The standard InChI is InChI=1S/C28H30F4N4O7/c1-11-24(38)16(10-14-9-15(29)19(31)20(32)18(14)30)34-26(40)21(35-27(41)23-17(37)7-4-8-33-23)12(2)43-28(42)22(36-25(11)39)13-5-3-6-13/h4,7-9,11-13,16,21-22,24,37-38H,3,5-6,10H2,1-2H3,(H,34,40)(H,35,41)(H,36,39)/t11-,12-,16+,21+,22?,24+/m1/s1. The number of rotatable bonds is 5. The minimum absolute atomic E-state index is 0.307. The topological polar surface area (TPSA) is 167 Å². The van der Waals surface area contributed by atoms with E-state index in [-0.39, 0.29) is 5.92 Å². The summed E-state index contributed by atoms with van der Waals surface area (Å²) in [5.74, 6) is -13.7. The van der Waals surface area contributed by atoms with E-state index in [2.05, 4.69) is 20.9 Å². The van der Waals surface area contributed by atoms with Crippen LogP contribution in [0.4, 0.5) is 17.6 Å². The number of halogens is 4. The fraction of sp³-hybridized carbons (Fsp3) is 0.464. The number of pyridine rings is 1. The van der Waals surface area contributed by atoms with Crippen molar-refractivity contribution in [2.45, 2.75) is 69.9 Å². The maximum atomic E-state index is 14.6. The Labute approximate surface area is 243 Å². The first-order valence-electron chi connectivity index (χ1n) is 13.6. The Hall–Kier alpha value is -4.27. The van der Waals surface area contributed by atoms with Crippen LogP contribution in [0.5, 0.6) is 5.75 Å². The summed E-state index contributed by atoms with van der Waals surface area (Å²) in [5.41, 5.74) is -1.23. The van der Waals surface area contributed by atoms with Gasteiger partial charge in [-0.05, 0) is 55.9 Å². The monoisotopic (exact) mass is 610 g/mol. The highest BCUT2D eigenvalue weighted by molar-refractivity contribution is 5.98. The molecule has 2 fully saturated rings. The van der Waals surface area contributed by atoms with Crippen molar-refractivity contribution < 1.29 is 51.7 Å². The molecule has 43 heavy (non-hydrogen) atoms. The van der Waals surface area contributed by atoms with E-state index in [1.807, 2.05) is 0 Å². The molecule has 1 saturated heterocycles. The molecule has 11 nitrogen and oxygen atoms in total. The Kier molecular flexibility index (Phi) is 9.52. The minimum atomic E-state index is -2.11. The summed E-state index contributed by atoms with van der Waals surface area (Å²) in [4.78, 5) is 56.6. The quantitative estimate of drug-likeness (QED) is 0.147. The smallest absolute Gasteiger partial charge is 0.329 e. The van der Waals surface area contributed by atoms with Crippen LogP contribution in [0.3, 0.4) is 0 Å². The number of aromatic hydroxyl groups is 1. The molecule has 1 aliphatic carbocycles. The molecule has 2 aromatic rings.